The van der Waals surface area contributed by atoms with E-state index in [4.69, 9.17) is 5.84 Å². The summed E-state index contributed by atoms with van der Waals surface area (Å²) >= 11 is 0. The number of carbonyl (C=O) groups is 1. The van der Waals surface area contributed by atoms with Crippen LogP contribution in [0.3, 0.4) is 0 Å². The van der Waals surface area contributed by atoms with E-state index in [1.807, 2.05) is 6.92 Å². The average molecular weight is 157 g/mol. The molecule has 0 radical (unpaired) electrons. The Balaban J connectivity index is 2.40. The quantitative estimate of drug-likeness (QED) is 0.328. The largest absolute Gasteiger partial charge is 0.293 e. The number of rotatable bonds is 3. The minimum absolute atomic E-state index is 0.00579. The second kappa shape index (κ2) is 3.69. The third-order valence-electron chi connectivity index (χ3n) is 2.16. The van der Waals surface area contributed by atoms with Crippen molar-refractivity contribution in [1.82, 2.24) is 10.3 Å². The van der Waals surface area contributed by atoms with Gasteiger partial charge < -0.3 is 0 Å². The Morgan fingerprint density at radius 1 is 1.73 bits per heavy atom. The minimum Gasteiger partial charge on any atom is -0.293 e. The summed E-state index contributed by atoms with van der Waals surface area (Å²) in [5.74, 6) is 4.98. The van der Waals surface area contributed by atoms with Gasteiger partial charge >= 0.3 is 0 Å². The summed E-state index contributed by atoms with van der Waals surface area (Å²) < 4.78 is 0. The normalized spacial score (nSPS) is 20.5. The van der Waals surface area contributed by atoms with Gasteiger partial charge in [0.05, 0.1) is 6.04 Å². The molecule has 64 valence electrons. The van der Waals surface area contributed by atoms with Crippen LogP contribution in [0.1, 0.15) is 19.8 Å². The fourth-order valence-electron chi connectivity index (χ4n) is 1.36. The molecule has 1 aliphatic rings. The number of likely N-dealkylation sites (tertiary alicyclic amines) is 1. The van der Waals surface area contributed by atoms with Crippen molar-refractivity contribution in [1.29, 1.82) is 0 Å². The Morgan fingerprint density at radius 2 is 2.36 bits per heavy atom. The molecule has 0 aromatic rings. The van der Waals surface area contributed by atoms with Crippen molar-refractivity contribution in [2.75, 3.05) is 13.1 Å². The van der Waals surface area contributed by atoms with Crippen molar-refractivity contribution in [3.8, 4) is 0 Å². The Bertz CT molecular complexity index is 145. The van der Waals surface area contributed by atoms with Gasteiger partial charge in [-0.3, -0.25) is 15.1 Å². The molecule has 0 aromatic carbocycles. The third kappa shape index (κ3) is 1.70. The van der Waals surface area contributed by atoms with E-state index in [2.05, 4.69) is 10.3 Å². The van der Waals surface area contributed by atoms with Crippen LogP contribution in [0.4, 0.5) is 0 Å². The summed E-state index contributed by atoms with van der Waals surface area (Å²) in [5, 5.41) is 0. The van der Waals surface area contributed by atoms with E-state index in [1.165, 1.54) is 6.42 Å². The van der Waals surface area contributed by atoms with E-state index >= 15 is 0 Å². The van der Waals surface area contributed by atoms with E-state index in [9.17, 15) is 4.79 Å². The van der Waals surface area contributed by atoms with Crippen molar-refractivity contribution < 1.29 is 4.79 Å². The number of nitrogens with two attached hydrogens (primary N) is 1. The van der Waals surface area contributed by atoms with E-state index in [0.717, 1.165) is 19.5 Å². The van der Waals surface area contributed by atoms with E-state index in [1.54, 1.807) is 0 Å². The van der Waals surface area contributed by atoms with Gasteiger partial charge in [-0.2, -0.15) is 0 Å². The van der Waals surface area contributed by atoms with Crippen LogP contribution in [0.15, 0.2) is 0 Å². The number of hydrogen-bond donors (Lipinski definition) is 2. The van der Waals surface area contributed by atoms with Crippen molar-refractivity contribution in [3.05, 3.63) is 0 Å². The maximum Gasteiger partial charge on any atom is 0.251 e. The zero-order chi connectivity index (χ0) is 8.27. The van der Waals surface area contributed by atoms with E-state index < -0.39 is 0 Å². The van der Waals surface area contributed by atoms with Gasteiger partial charge in [-0.15, -0.1) is 0 Å². The lowest BCUT2D eigenvalue weighted by Crippen LogP contribution is -2.53. The number of hydrogen-bond acceptors (Lipinski definition) is 3. The van der Waals surface area contributed by atoms with Crippen LogP contribution in [0, 0.1) is 0 Å². The van der Waals surface area contributed by atoms with Gasteiger partial charge in [0.2, 0.25) is 0 Å². The lowest BCUT2D eigenvalue weighted by molar-refractivity contribution is -0.128. The first-order valence-corrected chi connectivity index (χ1v) is 4.04. The monoisotopic (exact) mass is 157 g/mol. The molecule has 0 aromatic heterocycles. The Hall–Kier alpha value is -0.610. The molecular weight excluding hydrogens is 142 g/mol. The van der Waals surface area contributed by atoms with Crippen LogP contribution in [-0.2, 0) is 4.79 Å². The number of nitrogens with one attached hydrogen (secondary N) is 1. The summed E-state index contributed by atoms with van der Waals surface area (Å²) in [4.78, 5) is 13.2. The summed E-state index contributed by atoms with van der Waals surface area (Å²) in [6.07, 6.45) is 2.04. The number of hydrazine groups is 1. The van der Waals surface area contributed by atoms with Crippen molar-refractivity contribution in [2.45, 2.75) is 25.8 Å². The predicted octanol–water partition coefficient (Wildman–Crippen LogP) is -0.539. The van der Waals surface area contributed by atoms with Crippen LogP contribution in [0.5, 0.6) is 0 Å². The molecule has 1 atom stereocenters. The predicted molar refractivity (Wildman–Crippen MR) is 42.6 cm³/mol. The maximum absolute atomic E-state index is 11.1. The van der Waals surface area contributed by atoms with Gasteiger partial charge in [0.1, 0.15) is 0 Å². The average Bonchev–Trinajstić information content (AvgIpc) is 1.94. The SMILES string of the molecule is CCC(C(=O)NN)N1CCC1. The first-order valence-electron chi connectivity index (χ1n) is 4.04. The van der Waals surface area contributed by atoms with Crippen molar-refractivity contribution >= 4 is 5.91 Å². The molecule has 11 heavy (non-hydrogen) atoms. The summed E-state index contributed by atoms with van der Waals surface area (Å²) in [6.45, 7) is 4.07. The fourth-order valence-corrected chi connectivity index (χ4v) is 1.36. The van der Waals surface area contributed by atoms with Gasteiger partial charge in [0.15, 0.2) is 0 Å². The second-order valence-corrected chi connectivity index (χ2v) is 2.82. The summed E-state index contributed by atoms with van der Waals surface area (Å²) in [6, 6.07) is -0.00579. The van der Waals surface area contributed by atoms with Gasteiger partial charge in [0.25, 0.3) is 5.91 Å². The zero-order valence-corrected chi connectivity index (χ0v) is 6.84. The molecule has 1 heterocycles. The Labute approximate surface area is 66.7 Å². The maximum atomic E-state index is 11.1. The molecule has 4 heteroatoms. The van der Waals surface area contributed by atoms with Gasteiger partial charge in [0, 0.05) is 13.1 Å². The van der Waals surface area contributed by atoms with Crippen LogP contribution in [0.25, 0.3) is 0 Å². The Morgan fingerprint density at radius 3 is 2.64 bits per heavy atom. The standard InChI is InChI=1S/C7H15N3O/c1-2-6(7(11)9-8)10-4-3-5-10/h6H,2-5,8H2,1H3,(H,9,11). The molecule has 0 bridgehead atoms. The lowest BCUT2D eigenvalue weighted by Gasteiger charge is -2.36. The molecule has 1 rings (SSSR count). The number of nitrogens with zero attached hydrogens (tertiary/aromatic N) is 1. The smallest absolute Gasteiger partial charge is 0.251 e. The van der Waals surface area contributed by atoms with E-state index in [-0.39, 0.29) is 11.9 Å². The highest BCUT2D eigenvalue weighted by Crippen LogP contribution is 2.13. The second-order valence-electron chi connectivity index (χ2n) is 2.82. The Kier molecular flexibility index (Phi) is 2.84. The first-order chi connectivity index (χ1) is 5.29. The minimum atomic E-state index is -0.0628. The molecule has 1 saturated heterocycles. The van der Waals surface area contributed by atoms with Crippen LogP contribution in [0.2, 0.25) is 0 Å². The molecule has 1 unspecified atom stereocenters. The summed E-state index contributed by atoms with van der Waals surface area (Å²) in [5.41, 5.74) is 2.18. The molecule has 0 saturated carbocycles. The van der Waals surface area contributed by atoms with E-state index in [0.29, 0.717) is 0 Å². The highest BCUT2D eigenvalue weighted by Gasteiger charge is 2.27. The number of carbonyl (C=O) groups excluding carboxylic acids is 1. The highest BCUT2D eigenvalue weighted by molar-refractivity contribution is 5.81. The molecule has 1 amide bonds. The fraction of sp³-hybridized carbons (Fsp3) is 0.857. The first kappa shape index (κ1) is 8.49. The molecule has 0 aliphatic carbocycles. The molecule has 4 nitrogen and oxygen atoms in total. The topological polar surface area (TPSA) is 58.4 Å². The lowest BCUT2D eigenvalue weighted by atomic mass is 10.1. The van der Waals surface area contributed by atoms with Crippen LogP contribution in [-0.4, -0.2) is 29.9 Å². The van der Waals surface area contributed by atoms with Crippen LogP contribution < -0.4 is 11.3 Å². The van der Waals surface area contributed by atoms with Crippen molar-refractivity contribution in [3.63, 3.8) is 0 Å². The van der Waals surface area contributed by atoms with Gasteiger partial charge in [-0.1, -0.05) is 6.92 Å². The zero-order valence-electron chi connectivity index (χ0n) is 6.84. The third-order valence-corrected chi connectivity index (χ3v) is 2.16. The van der Waals surface area contributed by atoms with Gasteiger partial charge in [-0.05, 0) is 12.8 Å². The number of amides is 1. The highest BCUT2D eigenvalue weighted by atomic mass is 16.2. The molecule has 3 N–H and O–H groups in total. The van der Waals surface area contributed by atoms with Gasteiger partial charge in [-0.25, -0.2) is 5.84 Å². The summed E-state index contributed by atoms with van der Waals surface area (Å²) in [7, 11) is 0. The van der Waals surface area contributed by atoms with Crippen molar-refractivity contribution in [2.24, 2.45) is 5.84 Å². The molecule has 1 aliphatic heterocycles. The molecular formula is C7H15N3O. The molecule has 0 spiro atoms. The molecule has 1 fully saturated rings. The van der Waals surface area contributed by atoms with Crippen LogP contribution >= 0.6 is 0 Å².